The van der Waals surface area contributed by atoms with Crippen LogP contribution in [0, 0.1) is 0 Å². The van der Waals surface area contributed by atoms with Crippen molar-refractivity contribution in [2.24, 2.45) is 0 Å². The summed E-state index contributed by atoms with van der Waals surface area (Å²) in [6, 6.07) is 0. The lowest BCUT2D eigenvalue weighted by Gasteiger charge is -2.27. The van der Waals surface area contributed by atoms with Crippen molar-refractivity contribution >= 4 is 7.92 Å². The molecule has 0 amide bonds. The molecule has 0 saturated heterocycles. The van der Waals surface area contributed by atoms with Gasteiger partial charge in [-0.3, -0.25) is 0 Å². The Bertz CT molecular complexity index is 133. The summed E-state index contributed by atoms with van der Waals surface area (Å²) in [5.41, 5.74) is 1.80. The molecule has 0 unspecified atom stereocenters. The predicted molar refractivity (Wildman–Crippen MR) is 74.5 cm³/mol. The van der Waals surface area contributed by atoms with Crippen molar-refractivity contribution in [1.29, 1.82) is 0 Å². The number of nitrogens with zero attached hydrogens (tertiary/aromatic N) is 1. The van der Waals surface area contributed by atoms with Gasteiger partial charge in [-0.15, -0.1) is 7.92 Å². The van der Waals surface area contributed by atoms with Crippen LogP contribution in [0.3, 0.4) is 0 Å². The van der Waals surface area contributed by atoms with Crippen molar-refractivity contribution in [3.8, 4) is 0 Å². The van der Waals surface area contributed by atoms with Crippen LogP contribution in [0.15, 0.2) is 0 Å². The average molecular weight is 231 g/mol. The van der Waals surface area contributed by atoms with E-state index in [4.69, 9.17) is 0 Å². The second kappa shape index (κ2) is 8.53. The Balaban J connectivity index is 3.80. The summed E-state index contributed by atoms with van der Waals surface area (Å²) >= 11 is 0. The lowest BCUT2D eigenvalue weighted by Crippen LogP contribution is -2.25. The van der Waals surface area contributed by atoms with Crippen LogP contribution in [-0.4, -0.2) is 42.0 Å². The molecule has 0 N–H and O–H groups in total. The highest BCUT2D eigenvalue weighted by Gasteiger charge is 2.16. The zero-order valence-electron chi connectivity index (χ0n) is 11.6. The van der Waals surface area contributed by atoms with E-state index in [1.165, 1.54) is 32.2 Å². The Labute approximate surface area is 98.4 Å². The quantitative estimate of drug-likeness (QED) is 0.570. The van der Waals surface area contributed by atoms with Crippen molar-refractivity contribution < 1.29 is 0 Å². The molecule has 2 heteroatoms. The van der Waals surface area contributed by atoms with Crippen LogP contribution in [0.1, 0.15) is 48.0 Å². The SMILES string of the molecule is CCN(CC)CCCP(C(C)C)C(C)C. The van der Waals surface area contributed by atoms with Crippen LogP contribution >= 0.6 is 7.92 Å². The van der Waals surface area contributed by atoms with Crippen LogP contribution in [-0.2, 0) is 0 Å². The minimum absolute atomic E-state index is 0.254. The van der Waals surface area contributed by atoms with Crippen LogP contribution in [0.25, 0.3) is 0 Å². The molecule has 0 aliphatic carbocycles. The summed E-state index contributed by atoms with van der Waals surface area (Å²) in [6.07, 6.45) is 2.85. The summed E-state index contributed by atoms with van der Waals surface area (Å²) in [5, 5.41) is 0. The van der Waals surface area contributed by atoms with Crippen molar-refractivity contribution in [3.63, 3.8) is 0 Å². The maximum atomic E-state index is 2.54. The molecule has 0 radical (unpaired) electrons. The van der Waals surface area contributed by atoms with Gasteiger partial charge in [-0.1, -0.05) is 41.5 Å². The van der Waals surface area contributed by atoms with Crippen LogP contribution in [0.5, 0.6) is 0 Å². The normalized spacial score (nSPS) is 12.4. The van der Waals surface area contributed by atoms with Gasteiger partial charge in [-0.25, -0.2) is 0 Å². The van der Waals surface area contributed by atoms with E-state index in [1.54, 1.807) is 0 Å². The van der Waals surface area contributed by atoms with Gasteiger partial charge in [-0.05, 0) is 43.5 Å². The Morgan fingerprint density at radius 3 is 1.73 bits per heavy atom. The molecule has 1 nitrogen and oxygen atoms in total. The van der Waals surface area contributed by atoms with E-state index in [-0.39, 0.29) is 7.92 Å². The second-order valence-corrected chi connectivity index (χ2v) is 8.35. The summed E-state index contributed by atoms with van der Waals surface area (Å²) in [4.78, 5) is 2.54. The Morgan fingerprint density at radius 2 is 1.40 bits per heavy atom. The van der Waals surface area contributed by atoms with Gasteiger partial charge < -0.3 is 4.90 Å². The smallest absolute Gasteiger partial charge is 0.00156 e. The van der Waals surface area contributed by atoms with Crippen LogP contribution in [0.4, 0.5) is 0 Å². The van der Waals surface area contributed by atoms with E-state index >= 15 is 0 Å². The lowest BCUT2D eigenvalue weighted by atomic mass is 10.4. The molecule has 0 aromatic carbocycles. The van der Waals surface area contributed by atoms with E-state index in [0.29, 0.717) is 0 Å². The van der Waals surface area contributed by atoms with Gasteiger partial charge in [0.15, 0.2) is 0 Å². The molecule has 0 aromatic heterocycles. The Kier molecular flexibility index (Phi) is 8.75. The minimum Gasteiger partial charge on any atom is -0.304 e. The molecule has 0 spiro atoms. The van der Waals surface area contributed by atoms with E-state index in [2.05, 4.69) is 46.4 Å². The first kappa shape index (κ1) is 15.4. The highest BCUT2D eigenvalue weighted by molar-refractivity contribution is 7.59. The molecule has 92 valence electrons. The highest BCUT2D eigenvalue weighted by atomic mass is 31.1. The third-order valence-corrected chi connectivity index (χ3v) is 6.60. The molecule has 0 aromatic rings. The van der Waals surface area contributed by atoms with E-state index in [0.717, 1.165) is 11.3 Å². The molecule has 0 heterocycles. The van der Waals surface area contributed by atoms with E-state index in [9.17, 15) is 0 Å². The first-order valence-electron chi connectivity index (χ1n) is 6.50. The standard InChI is InChI=1S/C13H30NP/c1-7-14(8-2)10-9-11-15(12(3)4)13(5)6/h12-13H,7-11H2,1-6H3. The maximum absolute atomic E-state index is 2.54. The molecular weight excluding hydrogens is 201 g/mol. The number of hydrogen-bond donors (Lipinski definition) is 0. The fourth-order valence-electron chi connectivity index (χ4n) is 2.13. The summed E-state index contributed by atoms with van der Waals surface area (Å²) in [7, 11) is 0.254. The molecule has 0 saturated carbocycles. The maximum Gasteiger partial charge on any atom is -0.00156 e. The number of rotatable bonds is 8. The van der Waals surface area contributed by atoms with E-state index < -0.39 is 0 Å². The summed E-state index contributed by atoms with van der Waals surface area (Å²) in [5.74, 6) is 0. The molecule has 0 atom stereocenters. The zero-order chi connectivity index (χ0) is 11.8. The molecular formula is C13H30NP. The fraction of sp³-hybridized carbons (Fsp3) is 1.00. The Morgan fingerprint density at radius 1 is 0.933 bits per heavy atom. The van der Waals surface area contributed by atoms with Crippen LogP contribution < -0.4 is 0 Å². The third-order valence-electron chi connectivity index (χ3n) is 3.11. The third kappa shape index (κ3) is 6.53. The first-order valence-corrected chi connectivity index (χ1v) is 8.17. The lowest BCUT2D eigenvalue weighted by molar-refractivity contribution is 0.305. The molecule has 0 fully saturated rings. The van der Waals surface area contributed by atoms with E-state index in [1.807, 2.05) is 0 Å². The van der Waals surface area contributed by atoms with Gasteiger partial charge in [0.25, 0.3) is 0 Å². The molecule has 0 bridgehead atoms. The largest absolute Gasteiger partial charge is 0.304 e. The molecule has 0 aliphatic rings. The van der Waals surface area contributed by atoms with Crippen molar-refractivity contribution in [3.05, 3.63) is 0 Å². The first-order chi connectivity index (χ1) is 7.02. The van der Waals surface area contributed by atoms with Gasteiger partial charge in [0, 0.05) is 0 Å². The summed E-state index contributed by atoms with van der Waals surface area (Å²) < 4.78 is 0. The topological polar surface area (TPSA) is 3.24 Å². The van der Waals surface area contributed by atoms with Gasteiger partial charge in [-0.2, -0.15) is 0 Å². The van der Waals surface area contributed by atoms with Gasteiger partial charge in [0.2, 0.25) is 0 Å². The molecule has 15 heavy (non-hydrogen) atoms. The molecule has 0 aliphatic heterocycles. The van der Waals surface area contributed by atoms with Crippen molar-refractivity contribution in [2.75, 3.05) is 25.8 Å². The van der Waals surface area contributed by atoms with Crippen molar-refractivity contribution in [1.82, 2.24) is 4.90 Å². The van der Waals surface area contributed by atoms with Crippen molar-refractivity contribution in [2.45, 2.75) is 59.3 Å². The van der Waals surface area contributed by atoms with Gasteiger partial charge in [0.05, 0.1) is 0 Å². The van der Waals surface area contributed by atoms with Gasteiger partial charge >= 0.3 is 0 Å². The highest BCUT2D eigenvalue weighted by Crippen LogP contribution is 2.46. The summed E-state index contributed by atoms with van der Waals surface area (Å²) in [6.45, 7) is 17.8. The predicted octanol–water partition coefficient (Wildman–Crippen LogP) is 4.02. The monoisotopic (exact) mass is 231 g/mol. The van der Waals surface area contributed by atoms with Crippen LogP contribution in [0.2, 0.25) is 0 Å². The van der Waals surface area contributed by atoms with Gasteiger partial charge in [0.1, 0.15) is 0 Å². The fourth-order valence-corrected chi connectivity index (χ4v) is 4.86. The molecule has 0 rings (SSSR count). The average Bonchev–Trinajstić information content (AvgIpc) is 2.17. The second-order valence-electron chi connectivity index (χ2n) is 4.81. The minimum atomic E-state index is 0.254. The Hall–Kier alpha value is 0.390. The zero-order valence-corrected chi connectivity index (χ0v) is 12.5. The number of hydrogen-bond acceptors (Lipinski definition) is 1.